The highest BCUT2D eigenvalue weighted by Gasteiger charge is 2.39. The summed E-state index contributed by atoms with van der Waals surface area (Å²) in [6, 6.07) is 11.3. The molecule has 0 aromatic carbocycles. The predicted octanol–water partition coefficient (Wildman–Crippen LogP) is 4.64. The molecule has 0 aliphatic carbocycles. The van der Waals surface area contributed by atoms with Crippen LogP contribution in [-0.2, 0) is 16.1 Å². The second-order valence-electron chi connectivity index (χ2n) is 8.90. The lowest BCUT2D eigenvalue weighted by molar-refractivity contribution is -0.193. The van der Waals surface area contributed by atoms with E-state index in [0.717, 1.165) is 36.7 Å². The van der Waals surface area contributed by atoms with Crippen molar-refractivity contribution in [3.63, 3.8) is 0 Å². The first kappa shape index (κ1) is 31.1. The molecule has 0 amide bonds. The molecule has 2 bridgehead atoms. The summed E-state index contributed by atoms with van der Waals surface area (Å²) in [4.78, 5) is 29.8. The summed E-state index contributed by atoms with van der Waals surface area (Å²) in [6.45, 7) is 3.14. The van der Waals surface area contributed by atoms with Crippen LogP contribution in [0.15, 0.2) is 42.7 Å². The molecular formula is C24H24ClF6N5O4. The number of hydrogen-bond acceptors (Lipinski definition) is 6. The molecule has 3 N–H and O–H groups in total. The lowest BCUT2D eigenvalue weighted by Gasteiger charge is -2.36. The van der Waals surface area contributed by atoms with Crippen LogP contribution in [0.5, 0.6) is 0 Å². The number of carboxylic acid groups (broad SMARTS) is 2. The molecule has 218 valence electrons. The molecule has 3 aromatic heterocycles. The van der Waals surface area contributed by atoms with Crippen LogP contribution in [0.2, 0.25) is 5.02 Å². The zero-order valence-electron chi connectivity index (χ0n) is 20.6. The van der Waals surface area contributed by atoms with Gasteiger partial charge in [0, 0.05) is 37.6 Å². The molecule has 6 heterocycles. The number of rotatable bonds is 3. The molecule has 6 rings (SSSR count). The van der Waals surface area contributed by atoms with Gasteiger partial charge in [0.25, 0.3) is 0 Å². The number of aliphatic carboxylic acids is 2. The first-order valence-electron chi connectivity index (χ1n) is 11.8. The van der Waals surface area contributed by atoms with Gasteiger partial charge in [0.2, 0.25) is 0 Å². The molecule has 40 heavy (non-hydrogen) atoms. The van der Waals surface area contributed by atoms with E-state index in [0.29, 0.717) is 17.1 Å². The van der Waals surface area contributed by atoms with Crippen LogP contribution >= 0.6 is 11.6 Å². The maximum Gasteiger partial charge on any atom is 0.490 e. The standard InChI is InChI=1S/C20H22ClN5.2C2HF3O2/c21-14-4-7-17(23-11-14)20-18(26-10-2-1-3-19(26)24-20)13-25-12-15-5-6-16(25)8-9-22-15;2*3-2(4,5)1(6)7/h1-4,7,10-11,15-16,22H,5-6,8-9,12-13H2;2*(H,6,7). The number of carbonyl (C=O) groups is 2. The molecule has 0 spiro atoms. The summed E-state index contributed by atoms with van der Waals surface area (Å²) in [5.41, 5.74) is 4.02. The van der Waals surface area contributed by atoms with Crippen LogP contribution < -0.4 is 5.32 Å². The topological polar surface area (TPSA) is 120 Å². The van der Waals surface area contributed by atoms with Gasteiger partial charge in [-0.15, -0.1) is 0 Å². The Balaban J connectivity index is 0.000000263. The van der Waals surface area contributed by atoms with Crippen molar-refractivity contribution in [1.82, 2.24) is 24.6 Å². The smallest absolute Gasteiger partial charge is 0.475 e. The van der Waals surface area contributed by atoms with Crippen molar-refractivity contribution in [2.75, 3.05) is 13.1 Å². The summed E-state index contributed by atoms with van der Waals surface area (Å²) in [5.74, 6) is -5.51. The molecule has 9 nitrogen and oxygen atoms in total. The van der Waals surface area contributed by atoms with Crippen molar-refractivity contribution in [2.24, 2.45) is 0 Å². The van der Waals surface area contributed by atoms with E-state index >= 15 is 0 Å². The van der Waals surface area contributed by atoms with Gasteiger partial charge >= 0.3 is 24.3 Å². The minimum absolute atomic E-state index is 0.616. The van der Waals surface area contributed by atoms with Crippen molar-refractivity contribution in [1.29, 1.82) is 0 Å². The van der Waals surface area contributed by atoms with Gasteiger partial charge < -0.3 is 19.9 Å². The average molecular weight is 596 g/mol. The number of pyridine rings is 2. The van der Waals surface area contributed by atoms with E-state index in [9.17, 15) is 26.3 Å². The number of nitrogens with zero attached hydrogens (tertiary/aromatic N) is 4. The fourth-order valence-corrected chi connectivity index (χ4v) is 4.46. The Morgan fingerprint density at radius 1 is 1.00 bits per heavy atom. The van der Waals surface area contributed by atoms with Crippen molar-refractivity contribution < 1.29 is 46.1 Å². The summed E-state index contributed by atoms with van der Waals surface area (Å²) in [7, 11) is 0. The SMILES string of the molecule is Clc1ccc(-c2nc3ccccn3c2CN2CC3CCC2CCN3)nc1.O=C(O)C(F)(F)F.O=C(O)C(F)(F)F. The molecule has 0 radical (unpaired) electrons. The van der Waals surface area contributed by atoms with Gasteiger partial charge in [-0.3, -0.25) is 9.88 Å². The highest BCUT2D eigenvalue weighted by molar-refractivity contribution is 6.30. The quantitative estimate of drug-likeness (QED) is 0.375. The molecule has 2 unspecified atom stereocenters. The van der Waals surface area contributed by atoms with Gasteiger partial charge in [-0.1, -0.05) is 17.7 Å². The number of carboxylic acids is 2. The molecule has 16 heteroatoms. The molecule has 0 saturated carbocycles. The summed E-state index contributed by atoms with van der Waals surface area (Å²) < 4.78 is 65.7. The predicted molar refractivity (Wildman–Crippen MR) is 131 cm³/mol. The van der Waals surface area contributed by atoms with Crippen molar-refractivity contribution in [2.45, 2.75) is 50.2 Å². The van der Waals surface area contributed by atoms with Crippen LogP contribution in [-0.4, -0.2) is 78.9 Å². The number of imidazole rings is 1. The molecule has 2 atom stereocenters. The number of nitrogens with one attached hydrogen (secondary N) is 1. The van der Waals surface area contributed by atoms with Gasteiger partial charge in [0.1, 0.15) is 11.3 Å². The number of fused-ring (bicyclic) bond motifs is 5. The molecule has 3 saturated heterocycles. The minimum atomic E-state index is -5.08. The Bertz CT molecular complexity index is 1290. The average Bonchev–Trinajstić information content (AvgIpc) is 2.99. The van der Waals surface area contributed by atoms with E-state index in [1.807, 2.05) is 18.2 Å². The fourth-order valence-electron chi connectivity index (χ4n) is 4.35. The first-order chi connectivity index (χ1) is 18.7. The molecular weight excluding hydrogens is 572 g/mol. The minimum Gasteiger partial charge on any atom is -0.475 e. The zero-order valence-corrected chi connectivity index (χ0v) is 21.3. The Kier molecular flexibility index (Phi) is 9.97. The van der Waals surface area contributed by atoms with Gasteiger partial charge in [0.05, 0.1) is 16.4 Å². The van der Waals surface area contributed by atoms with Gasteiger partial charge in [-0.05, 0) is 50.1 Å². The summed E-state index contributed by atoms with van der Waals surface area (Å²) >= 11 is 6.03. The number of alkyl halides is 6. The zero-order chi connectivity index (χ0) is 29.7. The van der Waals surface area contributed by atoms with E-state index in [4.69, 9.17) is 36.4 Å². The van der Waals surface area contributed by atoms with Crippen LogP contribution in [0.1, 0.15) is 25.0 Å². The Labute approximate surface area is 228 Å². The van der Waals surface area contributed by atoms with Crippen molar-refractivity contribution in [3.8, 4) is 11.4 Å². The lowest BCUT2D eigenvalue weighted by Crippen LogP contribution is -2.45. The molecule has 3 aliphatic heterocycles. The molecule has 3 aromatic rings. The third kappa shape index (κ3) is 8.29. The fraction of sp³-hybridized carbons (Fsp3) is 0.417. The highest BCUT2D eigenvalue weighted by Crippen LogP contribution is 2.29. The maximum atomic E-state index is 10.6. The Morgan fingerprint density at radius 2 is 1.65 bits per heavy atom. The van der Waals surface area contributed by atoms with E-state index < -0.39 is 24.3 Å². The second kappa shape index (κ2) is 12.8. The monoisotopic (exact) mass is 595 g/mol. The van der Waals surface area contributed by atoms with Crippen LogP contribution in [0.4, 0.5) is 26.3 Å². The van der Waals surface area contributed by atoms with E-state index in [1.54, 1.807) is 6.20 Å². The molecule has 3 fully saturated rings. The van der Waals surface area contributed by atoms with Gasteiger partial charge in [-0.25, -0.2) is 14.6 Å². The second-order valence-corrected chi connectivity index (χ2v) is 9.34. The number of hydrogen-bond donors (Lipinski definition) is 3. The lowest BCUT2D eigenvalue weighted by atomic mass is 9.98. The summed E-state index contributed by atoms with van der Waals surface area (Å²) in [5, 5.41) is 18.6. The maximum absolute atomic E-state index is 10.6. The first-order valence-corrected chi connectivity index (χ1v) is 12.2. The summed E-state index contributed by atoms with van der Waals surface area (Å²) in [6.07, 6.45) is -2.57. The highest BCUT2D eigenvalue weighted by atomic mass is 35.5. The van der Waals surface area contributed by atoms with Crippen LogP contribution in [0.3, 0.4) is 0 Å². The van der Waals surface area contributed by atoms with E-state index in [-0.39, 0.29) is 0 Å². The van der Waals surface area contributed by atoms with E-state index in [1.165, 1.54) is 25.0 Å². The van der Waals surface area contributed by atoms with Gasteiger partial charge in [-0.2, -0.15) is 26.3 Å². The van der Waals surface area contributed by atoms with Crippen molar-refractivity contribution >= 4 is 29.2 Å². The normalized spacial score (nSPS) is 19.2. The van der Waals surface area contributed by atoms with Crippen LogP contribution in [0.25, 0.3) is 17.0 Å². The van der Waals surface area contributed by atoms with Gasteiger partial charge in [0.15, 0.2) is 0 Å². The Hall–Kier alpha value is -3.43. The molecule has 3 aliphatic rings. The number of piperidine rings is 1. The number of halogens is 7. The van der Waals surface area contributed by atoms with Crippen molar-refractivity contribution in [3.05, 3.63) is 53.4 Å². The van der Waals surface area contributed by atoms with Crippen LogP contribution in [0, 0.1) is 0 Å². The number of aromatic nitrogens is 3. The largest absolute Gasteiger partial charge is 0.490 e. The third-order valence-corrected chi connectivity index (χ3v) is 6.39. The Morgan fingerprint density at radius 3 is 2.23 bits per heavy atom. The third-order valence-electron chi connectivity index (χ3n) is 6.17. The van der Waals surface area contributed by atoms with E-state index in [2.05, 4.69) is 37.9 Å².